The summed E-state index contributed by atoms with van der Waals surface area (Å²) in [6, 6.07) is 8.45. The summed E-state index contributed by atoms with van der Waals surface area (Å²) in [5.41, 5.74) is 1.26. The van der Waals surface area contributed by atoms with Gasteiger partial charge >= 0.3 is 5.97 Å². The van der Waals surface area contributed by atoms with Gasteiger partial charge in [-0.2, -0.15) is 0 Å². The fourth-order valence-corrected chi connectivity index (χ4v) is 3.09. The Morgan fingerprint density at radius 2 is 2.09 bits per heavy atom. The van der Waals surface area contributed by atoms with Crippen molar-refractivity contribution in [2.24, 2.45) is 0 Å². The highest BCUT2D eigenvalue weighted by atomic mass is 16.5. The first kappa shape index (κ1) is 17.0. The number of unbranched alkanes of at least 4 members (excludes halogenated alkanes) is 2. The molecule has 0 aromatic heterocycles. The average molecular weight is 304 g/mol. The standard InChI is InChI=1S/C18H28N2O2/c1-3-4-5-9-18(20-12-10-19-11-13-20)16-7-6-8-17(14-16)22-15(2)21/h6-8,14,18-19H,3-5,9-13H2,1-2H3/t18-/m0/s1. The zero-order chi connectivity index (χ0) is 15.8. The van der Waals surface area contributed by atoms with Gasteiger partial charge in [0, 0.05) is 39.1 Å². The Kier molecular flexibility index (Phi) is 6.87. The van der Waals surface area contributed by atoms with E-state index in [0.29, 0.717) is 11.8 Å². The quantitative estimate of drug-likeness (QED) is 0.477. The molecule has 1 saturated heterocycles. The lowest BCUT2D eigenvalue weighted by Gasteiger charge is -2.35. The number of rotatable bonds is 7. The largest absolute Gasteiger partial charge is 0.427 e. The van der Waals surface area contributed by atoms with E-state index in [2.05, 4.69) is 23.2 Å². The van der Waals surface area contributed by atoms with E-state index < -0.39 is 0 Å². The highest BCUT2D eigenvalue weighted by Gasteiger charge is 2.22. The fourth-order valence-electron chi connectivity index (χ4n) is 3.09. The van der Waals surface area contributed by atoms with Crippen molar-refractivity contribution in [2.45, 2.75) is 45.6 Å². The number of nitrogens with zero attached hydrogens (tertiary/aromatic N) is 1. The van der Waals surface area contributed by atoms with E-state index in [1.165, 1.54) is 31.7 Å². The molecule has 1 atom stereocenters. The van der Waals surface area contributed by atoms with Crippen molar-refractivity contribution in [1.82, 2.24) is 10.2 Å². The van der Waals surface area contributed by atoms with Crippen LogP contribution in [0, 0.1) is 0 Å². The van der Waals surface area contributed by atoms with Gasteiger partial charge in [0.05, 0.1) is 0 Å². The molecule has 0 amide bonds. The number of carbonyl (C=O) groups is 1. The molecule has 1 N–H and O–H groups in total. The molecule has 2 rings (SSSR count). The average Bonchev–Trinajstić information content (AvgIpc) is 2.52. The molecular formula is C18H28N2O2. The maximum Gasteiger partial charge on any atom is 0.308 e. The number of hydrogen-bond donors (Lipinski definition) is 1. The number of benzene rings is 1. The second kappa shape index (κ2) is 8.91. The maximum atomic E-state index is 11.2. The minimum absolute atomic E-state index is 0.262. The van der Waals surface area contributed by atoms with Gasteiger partial charge in [0.25, 0.3) is 0 Å². The van der Waals surface area contributed by atoms with Crippen LogP contribution in [0.1, 0.15) is 51.1 Å². The molecule has 1 fully saturated rings. The third kappa shape index (κ3) is 5.11. The van der Waals surface area contributed by atoms with Gasteiger partial charge in [-0.05, 0) is 24.1 Å². The van der Waals surface area contributed by atoms with Gasteiger partial charge in [-0.3, -0.25) is 9.69 Å². The molecule has 0 spiro atoms. The monoisotopic (exact) mass is 304 g/mol. The first-order chi connectivity index (χ1) is 10.7. The number of carbonyl (C=O) groups excluding carboxylic acids is 1. The Balaban J connectivity index is 2.13. The predicted octanol–water partition coefficient (Wildman–Crippen LogP) is 3.14. The second-order valence-corrected chi connectivity index (χ2v) is 5.96. The van der Waals surface area contributed by atoms with Gasteiger partial charge in [-0.1, -0.05) is 38.3 Å². The van der Waals surface area contributed by atoms with E-state index in [1.807, 2.05) is 18.2 Å². The zero-order valence-corrected chi connectivity index (χ0v) is 13.8. The Hall–Kier alpha value is -1.39. The van der Waals surface area contributed by atoms with Crippen LogP contribution in [0.3, 0.4) is 0 Å². The highest BCUT2D eigenvalue weighted by Crippen LogP contribution is 2.29. The summed E-state index contributed by atoms with van der Waals surface area (Å²) >= 11 is 0. The number of hydrogen-bond acceptors (Lipinski definition) is 4. The molecule has 22 heavy (non-hydrogen) atoms. The van der Waals surface area contributed by atoms with Crippen molar-refractivity contribution in [3.8, 4) is 5.75 Å². The van der Waals surface area contributed by atoms with Crippen molar-refractivity contribution in [2.75, 3.05) is 26.2 Å². The lowest BCUT2D eigenvalue weighted by atomic mass is 9.98. The summed E-state index contributed by atoms with van der Waals surface area (Å²) in [6.07, 6.45) is 4.91. The third-order valence-corrected chi connectivity index (χ3v) is 4.18. The Bertz CT molecular complexity index is 470. The van der Waals surface area contributed by atoms with Gasteiger partial charge in [0.15, 0.2) is 0 Å². The van der Waals surface area contributed by atoms with Gasteiger partial charge in [0.2, 0.25) is 0 Å². The molecule has 1 aliphatic rings. The second-order valence-electron chi connectivity index (χ2n) is 5.96. The number of ether oxygens (including phenoxy) is 1. The van der Waals surface area contributed by atoms with Crippen LogP contribution in [0.2, 0.25) is 0 Å². The first-order valence-corrected chi connectivity index (χ1v) is 8.44. The Labute approximate surface area is 133 Å². The summed E-state index contributed by atoms with van der Waals surface area (Å²) in [5.74, 6) is 0.391. The zero-order valence-electron chi connectivity index (χ0n) is 13.8. The molecule has 122 valence electrons. The molecule has 1 aromatic carbocycles. The lowest BCUT2D eigenvalue weighted by Crippen LogP contribution is -2.45. The van der Waals surface area contributed by atoms with E-state index in [9.17, 15) is 4.79 Å². The summed E-state index contributed by atoms with van der Waals surface area (Å²) in [5, 5.41) is 3.41. The molecule has 0 unspecified atom stereocenters. The van der Waals surface area contributed by atoms with Crippen LogP contribution in [-0.2, 0) is 4.79 Å². The van der Waals surface area contributed by atoms with Crippen LogP contribution in [0.5, 0.6) is 5.75 Å². The van der Waals surface area contributed by atoms with Crippen molar-refractivity contribution in [1.29, 1.82) is 0 Å². The topological polar surface area (TPSA) is 41.6 Å². The highest BCUT2D eigenvalue weighted by molar-refractivity contribution is 5.69. The third-order valence-electron chi connectivity index (χ3n) is 4.18. The van der Waals surface area contributed by atoms with Gasteiger partial charge in [0.1, 0.15) is 5.75 Å². The minimum atomic E-state index is -0.262. The van der Waals surface area contributed by atoms with Crippen LogP contribution in [0.4, 0.5) is 0 Å². The number of nitrogens with one attached hydrogen (secondary N) is 1. The van der Waals surface area contributed by atoms with Crippen LogP contribution >= 0.6 is 0 Å². The molecule has 1 aromatic rings. The van der Waals surface area contributed by atoms with E-state index in [-0.39, 0.29) is 5.97 Å². The van der Waals surface area contributed by atoms with Crippen LogP contribution in [-0.4, -0.2) is 37.0 Å². The Morgan fingerprint density at radius 1 is 1.32 bits per heavy atom. The number of esters is 1. The molecule has 0 bridgehead atoms. The van der Waals surface area contributed by atoms with Crippen molar-refractivity contribution in [3.05, 3.63) is 29.8 Å². The van der Waals surface area contributed by atoms with Gasteiger partial charge in [-0.25, -0.2) is 0 Å². The van der Waals surface area contributed by atoms with E-state index in [1.54, 1.807) is 0 Å². The summed E-state index contributed by atoms with van der Waals surface area (Å²) in [7, 11) is 0. The molecule has 0 aliphatic carbocycles. The van der Waals surface area contributed by atoms with E-state index >= 15 is 0 Å². The first-order valence-electron chi connectivity index (χ1n) is 8.44. The van der Waals surface area contributed by atoms with Crippen molar-refractivity contribution in [3.63, 3.8) is 0 Å². The fraction of sp³-hybridized carbons (Fsp3) is 0.611. The van der Waals surface area contributed by atoms with Crippen LogP contribution in [0.15, 0.2) is 24.3 Å². The van der Waals surface area contributed by atoms with Crippen LogP contribution < -0.4 is 10.1 Å². The molecule has 1 aliphatic heterocycles. The van der Waals surface area contributed by atoms with Crippen LogP contribution in [0.25, 0.3) is 0 Å². The van der Waals surface area contributed by atoms with Gasteiger partial charge < -0.3 is 10.1 Å². The molecule has 4 nitrogen and oxygen atoms in total. The lowest BCUT2D eigenvalue weighted by molar-refractivity contribution is -0.131. The molecule has 0 saturated carbocycles. The normalized spacial score (nSPS) is 17.2. The molecule has 1 heterocycles. The molecular weight excluding hydrogens is 276 g/mol. The smallest absolute Gasteiger partial charge is 0.308 e. The predicted molar refractivity (Wildman–Crippen MR) is 89.1 cm³/mol. The summed E-state index contributed by atoms with van der Waals surface area (Å²) < 4.78 is 5.25. The number of piperazine rings is 1. The van der Waals surface area contributed by atoms with Crippen molar-refractivity contribution >= 4 is 5.97 Å². The molecule has 0 radical (unpaired) electrons. The van der Waals surface area contributed by atoms with Gasteiger partial charge in [-0.15, -0.1) is 0 Å². The minimum Gasteiger partial charge on any atom is -0.427 e. The van der Waals surface area contributed by atoms with Crippen molar-refractivity contribution < 1.29 is 9.53 Å². The molecule has 4 heteroatoms. The SMILES string of the molecule is CCCCC[C@@H](c1cccc(OC(C)=O)c1)N1CCNCC1. The maximum absolute atomic E-state index is 11.2. The summed E-state index contributed by atoms with van der Waals surface area (Å²) in [4.78, 5) is 13.7. The van der Waals surface area contributed by atoms with E-state index in [4.69, 9.17) is 4.74 Å². The van der Waals surface area contributed by atoms with E-state index in [0.717, 1.165) is 32.6 Å². The Morgan fingerprint density at radius 3 is 2.77 bits per heavy atom. The summed E-state index contributed by atoms with van der Waals surface area (Å²) in [6.45, 7) is 7.94.